The van der Waals surface area contributed by atoms with E-state index in [2.05, 4.69) is 12.2 Å². The van der Waals surface area contributed by atoms with Gasteiger partial charge in [-0.1, -0.05) is 43.9 Å². The van der Waals surface area contributed by atoms with Crippen molar-refractivity contribution in [1.29, 1.82) is 0 Å². The van der Waals surface area contributed by atoms with Gasteiger partial charge in [0, 0.05) is 11.8 Å². The second-order valence-electron chi connectivity index (χ2n) is 6.41. The highest BCUT2D eigenvalue weighted by Crippen LogP contribution is 2.36. The van der Waals surface area contributed by atoms with E-state index >= 15 is 0 Å². The number of halogens is 4. The van der Waals surface area contributed by atoms with E-state index in [0.29, 0.717) is 18.1 Å². The van der Waals surface area contributed by atoms with Crippen LogP contribution in [0.3, 0.4) is 0 Å². The Labute approximate surface area is 173 Å². The van der Waals surface area contributed by atoms with Crippen LogP contribution < -0.4 is 14.8 Å². The minimum absolute atomic E-state index is 0.0144. The first-order valence-corrected chi connectivity index (χ1v) is 9.69. The Hall–Kier alpha value is -2.41. The topological polar surface area (TPSA) is 47.6 Å². The third kappa shape index (κ3) is 7.85. The molecule has 0 spiro atoms. The number of hydrogen-bond donors (Lipinski definition) is 1. The van der Waals surface area contributed by atoms with E-state index in [4.69, 9.17) is 21.1 Å². The van der Waals surface area contributed by atoms with Gasteiger partial charge in [0.1, 0.15) is 11.5 Å². The Morgan fingerprint density at radius 1 is 1.03 bits per heavy atom. The standard InChI is InChI=1S/C21H23ClF3NO3/c1-2-3-4-5-11-28-16-7-6-8-17(13-16)29-14-20(27)26-15-9-10-19(22)18(12-15)21(23,24)25/h6-10,12-13H,2-5,11,14H2,1H3,(H,26,27). The van der Waals surface area contributed by atoms with E-state index in [9.17, 15) is 18.0 Å². The quantitative estimate of drug-likeness (QED) is 0.448. The monoisotopic (exact) mass is 429 g/mol. The number of hydrogen-bond acceptors (Lipinski definition) is 3. The number of carbonyl (C=O) groups excluding carboxylic acids is 1. The molecule has 0 atom stereocenters. The average molecular weight is 430 g/mol. The third-order valence-electron chi connectivity index (χ3n) is 4.00. The van der Waals surface area contributed by atoms with Crippen molar-refractivity contribution in [1.82, 2.24) is 0 Å². The first-order valence-electron chi connectivity index (χ1n) is 9.32. The Bertz CT molecular complexity index is 812. The largest absolute Gasteiger partial charge is 0.493 e. The van der Waals surface area contributed by atoms with Crippen molar-refractivity contribution in [2.24, 2.45) is 0 Å². The maximum absolute atomic E-state index is 12.9. The summed E-state index contributed by atoms with van der Waals surface area (Å²) in [7, 11) is 0. The van der Waals surface area contributed by atoms with E-state index in [1.165, 1.54) is 12.5 Å². The van der Waals surface area contributed by atoms with Crippen molar-refractivity contribution in [3.05, 3.63) is 53.1 Å². The molecule has 1 amide bonds. The van der Waals surface area contributed by atoms with E-state index in [0.717, 1.165) is 31.4 Å². The maximum Gasteiger partial charge on any atom is 0.417 e. The molecule has 2 aromatic rings. The van der Waals surface area contributed by atoms with Crippen LogP contribution in [0.4, 0.5) is 18.9 Å². The van der Waals surface area contributed by atoms with E-state index in [-0.39, 0.29) is 12.3 Å². The maximum atomic E-state index is 12.9. The number of anilines is 1. The fourth-order valence-corrected chi connectivity index (χ4v) is 2.76. The van der Waals surface area contributed by atoms with Crippen molar-refractivity contribution in [3.8, 4) is 11.5 Å². The summed E-state index contributed by atoms with van der Waals surface area (Å²) in [6.07, 6.45) is -0.222. The van der Waals surface area contributed by atoms with Gasteiger partial charge in [0.05, 0.1) is 17.2 Å². The predicted molar refractivity (Wildman–Crippen MR) is 107 cm³/mol. The van der Waals surface area contributed by atoms with Crippen LogP contribution in [0.2, 0.25) is 5.02 Å². The van der Waals surface area contributed by atoms with Crippen LogP contribution in [0.5, 0.6) is 11.5 Å². The summed E-state index contributed by atoms with van der Waals surface area (Å²) in [5.74, 6) is 0.469. The highest BCUT2D eigenvalue weighted by Gasteiger charge is 2.33. The third-order valence-corrected chi connectivity index (χ3v) is 4.33. The SMILES string of the molecule is CCCCCCOc1cccc(OCC(=O)Nc2ccc(Cl)c(C(F)(F)F)c2)c1. The summed E-state index contributed by atoms with van der Waals surface area (Å²) in [6, 6.07) is 10.0. The lowest BCUT2D eigenvalue weighted by Crippen LogP contribution is -2.20. The van der Waals surface area contributed by atoms with Gasteiger partial charge in [-0.25, -0.2) is 0 Å². The van der Waals surface area contributed by atoms with Crippen molar-refractivity contribution >= 4 is 23.2 Å². The van der Waals surface area contributed by atoms with Crippen LogP contribution >= 0.6 is 11.6 Å². The van der Waals surface area contributed by atoms with E-state index in [1.807, 2.05) is 0 Å². The van der Waals surface area contributed by atoms with Crippen LogP contribution in [0, 0.1) is 0 Å². The summed E-state index contributed by atoms with van der Waals surface area (Å²) >= 11 is 5.57. The Morgan fingerprint density at radius 3 is 2.45 bits per heavy atom. The molecule has 1 N–H and O–H groups in total. The fourth-order valence-electron chi connectivity index (χ4n) is 2.54. The molecule has 4 nitrogen and oxygen atoms in total. The molecule has 8 heteroatoms. The number of unbranched alkanes of at least 4 members (excludes halogenated alkanes) is 3. The van der Waals surface area contributed by atoms with E-state index < -0.39 is 22.7 Å². The van der Waals surface area contributed by atoms with Gasteiger partial charge in [-0.05, 0) is 36.8 Å². The van der Waals surface area contributed by atoms with Crippen LogP contribution in [0.15, 0.2) is 42.5 Å². The fraction of sp³-hybridized carbons (Fsp3) is 0.381. The van der Waals surface area contributed by atoms with Gasteiger partial charge in [0.2, 0.25) is 0 Å². The van der Waals surface area contributed by atoms with Crippen LogP contribution in [0.1, 0.15) is 38.2 Å². The lowest BCUT2D eigenvalue weighted by molar-refractivity contribution is -0.137. The molecule has 158 valence electrons. The molecule has 0 aliphatic heterocycles. The summed E-state index contributed by atoms with van der Waals surface area (Å²) in [5.41, 5.74) is -1.03. The van der Waals surface area contributed by atoms with Gasteiger partial charge in [-0.3, -0.25) is 4.79 Å². The number of ether oxygens (including phenoxy) is 2. The molecular formula is C21H23ClF3NO3. The predicted octanol–water partition coefficient (Wildman–Crippen LogP) is 6.34. The normalized spacial score (nSPS) is 11.2. The van der Waals surface area contributed by atoms with E-state index in [1.54, 1.807) is 24.3 Å². The second kappa shape index (κ2) is 11.0. The molecule has 2 aromatic carbocycles. The first kappa shape index (κ1) is 22.9. The summed E-state index contributed by atoms with van der Waals surface area (Å²) < 4.78 is 49.7. The molecule has 2 rings (SSSR count). The number of nitrogens with one attached hydrogen (secondary N) is 1. The van der Waals surface area contributed by atoms with Gasteiger partial charge in [-0.15, -0.1) is 0 Å². The van der Waals surface area contributed by atoms with Gasteiger partial charge >= 0.3 is 6.18 Å². The van der Waals surface area contributed by atoms with Gasteiger partial charge < -0.3 is 14.8 Å². The minimum Gasteiger partial charge on any atom is -0.493 e. The molecule has 0 aliphatic carbocycles. The number of benzene rings is 2. The molecule has 29 heavy (non-hydrogen) atoms. The highest BCUT2D eigenvalue weighted by molar-refractivity contribution is 6.31. The molecule has 0 unspecified atom stereocenters. The first-order chi connectivity index (χ1) is 13.8. The number of rotatable bonds is 10. The number of alkyl halides is 3. The summed E-state index contributed by atoms with van der Waals surface area (Å²) in [4.78, 5) is 12.0. The summed E-state index contributed by atoms with van der Waals surface area (Å²) in [6.45, 7) is 2.38. The Kier molecular flexibility index (Phi) is 8.64. The van der Waals surface area contributed by atoms with Crippen LogP contribution in [-0.4, -0.2) is 19.1 Å². The van der Waals surface area contributed by atoms with Crippen molar-refractivity contribution < 1.29 is 27.4 Å². The van der Waals surface area contributed by atoms with Gasteiger partial charge in [0.25, 0.3) is 5.91 Å². The molecule has 0 fully saturated rings. The second-order valence-corrected chi connectivity index (χ2v) is 6.82. The average Bonchev–Trinajstić information content (AvgIpc) is 2.67. The zero-order valence-corrected chi connectivity index (χ0v) is 16.8. The lowest BCUT2D eigenvalue weighted by Gasteiger charge is -2.12. The molecule has 0 saturated heterocycles. The number of carbonyl (C=O) groups is 1. The highest BCUT2D eigenvalue weighted by atomic mass is 35.5. The summed E-state index contributed by atoms with van der Waals surface area (Å²) in [5, 5.41) is 1.93. The molecular weight excluding hydrogens is 407 g/mol. The lowest BCUT2D eigenvalue weighted by atomic mass is 10.2. The van der Waals surface area contributed by atoms with Gasteiger partial charge in [0.15, 0.2) is 6.61 Å². The molecule has 0 aliphatic rings. The molecule has 0 saturated carbocycles. The zero-order valence-electron chi connectivity index (χ0n) is 16.0. The Morgan fingerprint density at radius 2 is 1.76 bits per heavy atom. The van der Waals surface area contributed by atoms with Crippen molar-refractivity contribution in [3.63, 3.8) is 0 Å². The number of amides is 1. The molecule has 0 heterocycles. The molecule has 0 radical (unpaired) electrons. The van der Waals surface area contributed by atoms with Crippen LogP contribution in [0.25, 0.3) is 0 Å². The Balaban J connectivity index is 1.86. The van der Waals surface area contributed by atoms with Crippen molar-refractivity contribution in [2.75, 3.05) is 18.5 Å². The van der Waals surface area contributed by atoms with Crippen LogP contribution in [-0.2, 0) is 11.0 Å². The van der Waals surface area contributed by atoms with Crippen molar-refractivity contribution in [2.45, 2.75) is 38.8 Å². The smallest absolute Gasteiger partial charge is 0.417 e. The molecule has 0 aromatic heterocycles. The molecule has 0 bridgehead atoms. The zero-order chi connectivity index (χ0) is 21.3. The van der Waals surface area contributed by atoms with Gasteiger partial charge in [-0.2, -0.15) is 13.2 Å². The minimum atomic E-state index is -4.61.